The summed E-state index contributed by atoms with van der Waals surface area (Å²) in [5, 5.41) is 0. The van der Waals surface area contributed by atoms with Crippen LogP contribution in [-0.2, 0) is 0 Å². The van der Waals surface area contributed by atoms with Gasteiger partial charge in [0.2, 0.25) is 0 Å². The number of rotatable bonds is 14. The highest BCUT2D eigenvalue weighted by molar-refractivity contribution is 7.99. The lowest BCUT2D eigenvalue weighted by atomic mass is 10.1. The first-order valence-electron chi connectivity index (χ1n) is 7.55. The average molecular weight is 279 g/mol. The summed E-state index contributed by atoms with van der Waals surface area (Å²) in [5.74, 6) is 3.42. The molecule has 0 aromatic rings. The first-order chi connectivity index (χ1) is 8.41. The normalized spacial score (nSPS) is 10.9. The Morgan fingerprint density at radius 3 is 1.65 bits per heavy atom. The van der Waals surface area contributed by atoms with Crippen molar-refractivity contribution >= 4 is 23.4 Å². The fourth-order valence-electron chi connectivity index (χ4n) is 1.95. The summed E-state index contributed by atoms with van der Waals surface area (Å²) >= 11 is 7.70. The highest BCUT2D eigenvalue weighted by Gasteiger charge is 1.93. The third kappa shape index (κ3) is 16.6. The molecule has 104 valence electrons. The van der Waals surface area contributed by atoms with Crippen molar-refractivity contribution in [1.82, 2.24) is 0 Å². The summed E-state index contributed by atoms with van der Waals surface area (Å²) in [6, 6.07) is 0. The standard InChI is InChI=1S/C15H31ClS/c1-2-3-4-5-6-7-8-9-10-11-14-17-15-12-13-16/h2-15H2,1H3. The minimum absolute atomic E-state index is 0.824. The van der Waals surface area contributed by atoms with E-state index in [1.807, 2.05) is 0 Å². The van der Waals surface area contributed by atoms with Gasteiger partial charge in [-0.05, 0) is 24.3 Å². The Hall–Kier alpha value is 0.640. The van der Waals surface area contributed by atoms with Gasteiger partial charge in [-0.25, -0.2) is 0 Å². The van der Waals surface area contributed by atoms with E-state index in [1.165, 1.54) is 82.1 Å². The quantitative estimate of drug-likeness (QED) is 0.267. The van der Waals surface area contributed by atoms with Gasteiger partial charge in [-0.1, -0.05) is 64.7 Å². The molecule has 0 aliphatic carbocycles. The van der Waals surface area contributed by atoms with E-state index >= 15 is 0 Å². The van der Waals surface area contributed by atoms with Crippen molar-refractivity contribution in [2.45, 2.75) is 77.6 Å². The smallest absolute Gasteiger partial charge is 0.0231 e. The zero-order valence-corrected chi connectivity index (χ0v) is 13.3. The molecule has 17 heavy (non-hydrogen) atoms. The van der Waals surface area contributed by atoms with E-state index in [9.17, 15) is 0 Å². The lowest BCUT2D eigenvalue weighted by Gasteiger charge is -2.02. The summed E-state index contributed by atoms with van der Waals surface area (Å²) in [6.07, 6.45) is 15.5. The average Bonchev–Trinajstić information content (AvgIpc) is 2.35. The molecule has 0 saturated carbocycles. The van der Waals surface area contributed by atoms with E-state index in [2.05, 4.69) is 18.7 Å². The van der Waals surface area contributed by atoms with Gasteiger partial charge in [-0.3, -0.25) is 0 Å². The Bertz CT molecular complexity index is 114. The molecule has 0 aromatic heterocycles. The first-order valence-corrected chi connectivity index (χ1v) is 9.24. The van der Waals surface area contributed by atoms with Crippen LogP contribution in [0.25, 0.3) is 0 Å². The SMILES string of the molecule is CCCCCCCCCCCCSCCCCl. The molecular weight excluding hydrogens is 248 g/mol. The molecule has 0 spiro atoms. The monoisotopic (exact) mass is 278 g/mol. The lowest BCUT2D eigenvalue weighted by Crippen LogP contribution is -1.86. The maximum atomic E-state index is 5.63. The molecule has 0 fully saturated rings. The van der Waals surface area contributed by atoms with Gasteiger partial charge in [0.25, 0.3) is 0 Å². The van der Waals surface area contributed by atoms with Gasteiger partial charge in [0.15, 0.2) is 0 Å². The molecule has 0 aromatic carbocycles. The Morgan fingerprint density at radius 1 is 0.647 bits per heavy atom. The highest BCUT2D eigenvalue weighted by Crippen LogP contribution is 2.12. The van der Waals surface area contributed by atoms with Crippen LogP contribution in [0.3, 0.4) is 0 Å². The molecule has 0 aliphatic rings. The molecule has 0 rings (SSSR count). The Balaban J connectivity index is 2.85. The van der Waals surface area contributed by atoms with Gasteiger partial charge in [0.05, 0.1) is 0 Å². The van der Waals surface area contributed by atoms with E-state index in [-0.39, 0.29) is 0 Å². The molecule has 0 atom stereocenters. The molecule has 0 N–H and O–H groups in total. The number of alkyl halides is 1. The van der Waals surface area contributed by atoms with Gasteiger partial charge in [-0.2, -0.15) is 11.8 Å². The van der Waals surface area contributed by atoms with E-state index in [0.29, 0.717) is 0 Å². The fraction of sp³-hybridized carbons (Fsp3) is 1.00. The van der Waals surface area contributed by atoms with E-state index in [4.69, 9.17) is 11.6 Å². The van der Waals surface area contributed by atoms with Crippen LogP contribution in [0.15, 0.2) is 0 Å². The van der Waals surface area contributed by atoms with Crippen LogP contribution in [0, 0.1) is 0 Å². The molecule has 0 nitrogen and oxygen atoms in total. The lowest BCUT2D eigenvalue weighted by molar-refractivity contribution is 0.563. The molecule has 2 heteroatoms. The molecule has 0 radical (unpaired) electrons. The van der Waals surface area contributed by atoms with Crippen LogP contribution < -0.4 is 0 Å². The Labute approximate surface area is 118 Å². The van der Waals surface area contributed by atoms with Crippen molar-refractivity contribution in [2.24, 2.45) is 0 Å². The minimum atomic E-state index is 0.824. The van der Waals surface area contributed by atoms with Crippen LogP contribution in [0.1, 0.15) is 77.6 Å². The van der Waals surface area contributed by atoms with Gasteiger partial charge in [-0.15, -0.1) is 11.6 Å². The summed E-state index contributed by atoms with van der Waals surface area (Å²) in [4.78, 5) is 0. The molecule has 0 heterocycles. The van der Waals surface area contributed by atoms with Gasteiger partial charge >= 0.3 is 0 Å². The second-order valence-corrected chi connectivity index (χ2v) is 6.44. The Morgan fingerprint density at radius 2 is 1.12 bits per heavy atom. The maximum Gasteiger partial charge on any atom is 0.0231 e. The van der Waals surface area contributed by atoms with Crippen molar-refractivity contribution in [2.75, 3.05) is 17.4 Å². The van der Waals surface area contributed by atoms with E-state index in [1.54, 1.807) is 0 Å². The number of hydrogen-bond donors (Lipinski definition) is 0. The third-order valence-electron chi connectivity index (χ3n) is 3.06. The van der Waals surface area contributed by atoms with Gasteiger partial charge in [0, 0.05) is 5.88 Å². The minimum Gasteiger partial charge on any atom is -0.162 e. The zero-order valence-electron chi connectivity index (χ0n) is 11.7. The van der Waals surface area contributed by atoms with Crippen molar-refractivity contribution in [1.29, 1.82) is 0 Å². The third-order valence-corrected chi connectivity index (χ3v) is 4.49. The highest BCUT2D eigenvalue weighted by atomic mass is 35.5. The van der Waals surface area contributed by atoms with Crippen LogP contribution >= 0.6 is 23.4 Å². The molecule has 0 bridgehead atoms. The summed E-state index contributed by atoms with van der Waals surface area (Å²) in [5.41, 5.74) is 0. The van der Waals surface area contributed by atoms with Crippen LogP contribution in [0.5, 0.6) is 0 Å². The van der Waals surface area contributed by atoms with Crippen LogP contribution in [-0.4, -0.2) is 17.4 Å². The largest absolute Gasteiger partial charge is 0.162 e. The topological polar surface area (TPSA) is 0 Å². The maximum absolute atomic E-state index is 5.63. The second kappa shape index (κ2) is 16.6. The number of unbranched alkanes of at least 4 members (excludes halogenated alkanes) is 9. The zero-order chi connectivity index (χ0) is 12.6. The van der Waals surface area contributed by atoms with Crippen molar-refractivity contribution < 1.29 is 0 Å². The summed E-state index contributed by atoms with van der Waals surface area (Å²) in [6.45, 7) is 2.28. The summed E-state index contributed by atoms with van der Waals surface area (Å²) < 4.78 is 0. The van der Waals surface area contributed by atoms with Gasteiger partial charge < -0.3 is 0 Å². The van der Waals surface area contributed by atoms with Crippen LogP contribution in [0.4, 0.5) is 0 Å². The predicted octanol–water partition coefficient (Wildman–Crippen LogP) is 6.27. The fourth-order valence-corrected chi connectivity index (χ4v) is 3.20. The molecular formula is C15H31ClS. The van der Waals surface area contributed by atoms with Crippen LogP contribution in [0.2, 0.25) is 0 Å². The van der Waals surface area contributed by atoms with E-state index in [0.717, 1.165) is 5.88 Å². The molecule has 0 saturated heterocycles. The number of thioether (sulfide) groups is 1. The summed E-state index contributed by atoms with van der Waals surface area (Å²) in [7, 11) is 0. The predicted molar refractivity (Wildman–Crippen MR) is 84.5 cm³/mol. The first kappa shape index (κ1) is 17.6. The van der Waals surface area contributed by atoms with E-state index < -0.39 is 0 Å². The molecule has 0 amide bonds. The van der Waals surface area contributed by atoms with Crippen molar-refractivity contribution in [3.63, 3.8) is 0 Å². The Kier molecular flexibility index (Phi) is 17.3. The van der Waals surface area contributed by atoms with Crippen molar-refractivity contribution in [3.8, 4) is 0 Å². The van der Waals surface area contributed by atoms with Gasteiger partial charge in [0.1, 0.15) is 0 Å². The van der Waals surface area contributed by atoms with Crippen molar-refractivity contribution in [3.05, 3.63) is 0 Å². The number of halogens is 1. The molecule has 0 aliphatic heterocycles. The molecule has 0 unspecified atom stereocenters. The second-order valence-electron chi connectivity index (χ2n) is 4.84. The number of hydrogen-bond acceptors (Lipinski definition) is 1.